The number of nitrogens with one attached hydrogen (secondary N) is 1. The molecule has 0 saturated carbocycles. The van der Waals surface area contributed by atoms with Gasteiger partial charge in [0.05, 0.1) is 5.02 Å². The quantitative estimate of drug-likeness (QED) is 0.888. The zero-order valence-corrected chi connectivity index (χ0v) is 11.8. The molecule has 1 aliphatic heterocycles. The van der Waals surface area contributed by atoms with Crippen LogP contribution in [0.15, 0.2) is 18.2 Å². The highest BCUT2D eigenvalue weighted by Gasteiger charge is 2.25. The molecule has 1 fully saturated rings. The molecule has 1 aromatic carbocycles. The molecule has 2 nitrogen and oxygen atoms in total. The van der Waals surface area contributed by atoms with Gasteiger partial charge >= 0.3 is 0 Å². The SMILES string of the molecule is CC1CN(C(C)c2ccc(F)c(Cl)c2)CC(C)N1. The molecule has 0 aliphatic carbocycles. The van der Waals surface area contributed by atoms with Crippen LogP contribution in [0.25, 0.3) is 0 Å². The smallest absolute Gasteiger partial charge is 0.141 e. The summed E-state index contributed by atoms with van der Waals surface area (Å²) in [6, 6.07) is 6.22. The van der Waals surface area contributed by atoms with Crippen LogP contribution in [0.5, 0.6) is 0 Å². The Labute approximate surface area is 113 Å². The number of halogens is 2. The summed E-state index contributed by atoms with van der Waals surface area (Å²) in [7, 11) is 0. The van der Waals surface area contributed by atoms with Gasteiger partial charge in [0.25, 0.3) is 0 Å². The monoisotopic (exact) mass is 270 g/mol. The molecule has 1 saturated heterocycles. The van der Waals surface area contributed by atoms with Gasteiger partial charge in [0.15, 0.2) is 0 Å². The number of rotatable bonds is 2. The Morgan fingerprint density at radius 3 is 2.50 bits per heavy atom. The van der Waals surface area contributed by atoms with E-state index in [1.165, 1.54) is 6.07 Å². The lowest BCUT2D eigenvalue weighted by atomic mass is 10.0. The molecule has 0 spiro atoms. The topological polar surface area (TPSA) is 15.3 Å². The third kappa shape index (κ3) is 3.02. The van der Waals surface area contributed by atoms with Crippen LogP contribution in [0, 0.1) is 5.82 Å². The van der Waals surface area contributed by atoms with Crippen LogP contribution in [-0.2, 0) is 0 Å². The molecule has 2 rings (SSSR count). The molecule has 3 atom stereocenters. The largest absolute Gasteiger partial charge is 0.309 e. The van der Waals surface area contributed by atoms with Crippen molar-refractivity contribution in [2.24, 2.45) is 0 Å². The Bertz CT molecular complexity index is 414. The molecule has 0 amide bonds. The predicted molar refractivity (Wildman–Crippen MR) is 73.5 cm³/mol. The molecule has 1 heterocycles. The number of hydrogen-bond donors (Lipinski definition) is 1. The summed E-state index contributed by atoms with van der Waals surface area (Å²) < 4.78 is 13.2. The van der Waals surface area contributed by atoms with E-state index in [2.05, 4.69) is 31.0 Å². The Balaban J connectivity index is 2.14. The Morgan fingerprint density at radius 1 is 1.33 bits per heavy atom. The third-order valence-electron chi connectivity index (χ3n) is 3.56. The van der Waals surface area contributed by atoms with Gasteiger partial charge in [-0.15, -0.1) is 0 Å². The van der Waals surface area contributed by atoms with Gasteiger partial charge in [-0.1, -0.05) is 17.7 Å². The lowest BCUT2D eigenvalue weighted by molar-refractivity contribution is 0.131. The van der Waals surface area contributed by atoms with Crippen LogP contribution in [0.3, 0.4) is 0 Å². The Kier molecular flexibility index (Phi) is 4.25. The molecule has 0 radical (unpaired) electrons. The minimum atomic E-state index is -0.352. The average molecular weight is 271 g/mol. The molecule has 1 aliphatic rings. The molecular formula is C14H20ClFN2. The normalized spacial score (nSPS) is 27.2. The van der Waals surface area contributed by atoms with E-state index in [0.717, 1.165) is 18.7 Å². The molecule has 0 aromatic heterocycles. The van der Waals surface area contributed by atoms with Gasteiger partial charge < -0.3 is 5.32 Å². The first-order chi connectivity index (χ1) is 8.47. The summed E-state index contributed by atoms with van der Waals surface area (Å²) in [6.45, 7) is 8.52. The van der Waals surface area contributed by atoms with E-state index in [1.54, 1.807) is 6.07 Å². The van der Waals surface area contributed by atoms with Gasteiger partial charge in [-0.05, 0) is 38.5 Å². The van der Waals surface area contributed by atoms with Crippen LogP contribution in [0.1, 0.15) is 32.4 Å². The lowest BCUT2D eigenvalue weighted by Crippen LogP contribution is -2.54. The fourth-order valence-corrected chi connectivity index (χ4v) is 2.86. The van der Waals surface area contributed by atoms with Crippen molar-refractivity contribution in [1.82, 2.24) is 10.2 Å². The van der Waals surface area contributed by atoms with E-state index in [-0.39, 0.29) is 16.9 Å². The van der Waals surface area contributed by atoms with Crippen LogP contribution in [0.4, 0.5) is 4.39 Å². The first kappa shape index (κ1) is 13.8. The summed E-state index contributed by atoms with van der Waals surface area (Å²) in [5.74, 6) is -0.352. The fourth-order valence-electron chi connectivity index (χ4n) is 2.67. The van der Waals surface area contributed by atoms with Gasteiger partial charge in [0.2, 0.25) is 0 Å². The van der Waals surface area contributed by atoms with Gasteiger partial charge in [-0.3, -0.25) is 4.90 Å². The maximum absolute atomic E-state index is 13.2. The van der Waals surface area contributed by atoms with E-state index in [0.29, 0.717) is 12.1 Å². The van der Waals surface area contributed by atoms with Crippen molar-refractivity contribution in [1.29, 1.82) is 0 Å². The molecule has 100 valence electrons. The maximum Gasteiger partial charge on any atom is 0.141 e. The minimum Gasteiger partial charge on any atom is -0.309 e. The first-order valence-corrected chi connectivity index (χ1v) is 6.80. The molecular weight excluding hydrogens is 251 g/mol. The number of nitrogens with zero attached hydrogens (tertiary/aromatic N) is 1. The van der Waals surface area contributed by atoms with Crippen LogP contribution < -0.4 is 5.32 Å². The van der Waals surface area contributed by atoms with Crippen molar-refractivity contribution in [2.45, 2.75) is 38.9 Å². The van der Waals surface area contributed by atoms with E-state index in [9.17, 15) is 4.39 Å². The second-order valence-corrected chi connectivity index (χ2v) is 5.68. The average Bonchev–Trinajstić information content (AvgIpc) is 2.30. The summed E-state index contributed by atoms with van der Waals surface area (Å²) in [4.78, 5) is 2.41. The second-order valence-electron chi connectivity index (χ2n) is 5.27. The standard InChI is InChI=1S/C14H20ClFN2/c1-9-7-18(8-10(2)17-9)11(3)12-4-5-14(16)13(15)6-12/h4-6,9-11,17H,7-8H2,1-3H3. The Hall–Kier alpha value is -0.640. The molecule has 3 unspecified atom stereocenters. The van der Waals surface area contributed by atoms with E-state index >= 15 is 0 Å². The number of benzene rings is 1. The van der Waals surface area contributed by atoms with Crippen molar-refractivity contribution < 1.29 is 4.39 Å². The number of piperazine rings is 1. The van der Waals surface area contributed by atoms with E-state index < -0.39 is 0 Å². The van der Waals surface area contributed by atoms with Crippen molar-refractivity contribution in [3.05, 3.63) is 34.6 Å². The molecule has 1 N–H and O–H groups in total. The molecule has 18 heavy (non-hydrogen) atoms. The van der Waals surface area contributed by atoms with Crippen LogP contribution >= 0.6 is 11.6 Å². The van der Waals surface area contributed by atoms with Crippen LogP contribution in [0.2, 0.25) is 5.02 Å². The van der Waals surface area contributed by atoms with Crippen molar-refractivity contribution in [3.8, 4) is 0 Å². The summed E-state index contributed by atoms with van der Waals surface area (Å²) >= 11 is 5.85. The third-order valence-corrected chi connectivity index (χ3v) is 3.85. The highest BCUT2D eigenvalue weighted by Crippen LogP contribution is 2.26. The zero-order valence-electron chi connectivity index (χ0n) is 11.1. The van der Waals surface area contributed by atoms with Crippen molar-refractivity contribution in [3.63, 3.8) is 0 Å². The first-order valence-electron chi connectivity index (χ1n) is 6.42. The van der Waals surface area contributed by atoms with Crippen molar-refractivity contribution in [2.75, 3.05) is 13.1 Å². The van der Waals surface area contributed by atoms with E-state index in [1.807, 2.05) is 6.07 Å². The Morgan fingerprint density at radius 2 is 1.94 bits per heavy atom. The van der Waals surface area contributed by atoms with E-state index in [4.69, 9.17) is 11.6 Å². The zero-order chi connectivity index (χ0) is 13.3. The molecule has 0 bridgehead atoms. The molecule has 4 heteroatoms. The van der Waals surface area contributed by atoms with Gasteiger partial charge in [0, 0.05) is 31.2 Å². The summed E-state index contributed by atoms with van der Waals surface area (Å²) in [5.41, 5.74) is 1.07. The predicted octanol–water partition coefficient (Wildman–Crippen LogP) is 3.22. The summed E-state index contributed by atoms with van der Waals surface area (Å²) in [5, 5.41) is 3.71. The molecule has 1 aromatic rings. The van der Waals surface area contributed by atoms with Gasteiger partial charge in [0.1, 0.15) is 5.82 Å². The number of hydrogen-bond acceptors (Lipinski definition) is 2. The highest BCUT2D eigenvalue weighted by atomic mass is 35.5. The maximum atomic E-state index is 13.2. The minimum absolute atomic E-state index is 0.204. The van der Waals surface area contributed by atoms with Crippen LogP contribution in [-0.4, -0.2) is 30.1 Å². The van der Waals surface area contributed by atoms with Gasteiger partial charge in [-0.2, -0.15) is 0 Å². The fraction of sp³-hybridized carbons (Fsp3) is 0.571. The second kappa shape index (κ2) is 5.55. The van der Waals surface area contributed by atoms with Crippen molar-refractivity contribution >= 4 is 11.6 Å². The summed E-state index contributed by atoms with van der Waals surface area (Å²) in [6.07, 6.45) is 0. The van der Waals surface area contributed by atoms with Gasteiger partial charge in [-0.25, -0.2) is 4.39 Å². The lowest BCUT2D eigenvalue weighted by Gasteiger charge is -2.39. The highest BCUT2D eigenvalue weighted by molar-refractivity contribution is 6.30.